The van der Waals surface area contributed by atoms with Crippen molar-refractivity contribution in [2.75, 3.05) is 20.2 Å². The smallest absolute Gasteiger partial charge is 0.305 e. The number of carbonyl (C=O) groups is 1. The summed E-state index contributed by atoms with van der Waals surface area (Å²) >= 11 is 12.5. The van der Waals surface area contributed by atoms with Gasteiger partial charge in [0.2, 0.25) is 5.88 Å². The third-order valence-electron chi connectivity index (χ3n) is 6.05. The lowest BCUT2D eigenvalue weighted by molar-refractivity contribution is -0.142. The second-order valence-corrected chi connectivity index (χ2v) is 9.50. The molecule has 0 unspecified atom stereocenters. The van der Waals surface area contributed by atoms with E-state index in [1.807, 2.05) is 48.5 Å². The van der Waals surface area contributed by atoms with Gasteiger partial charge in [-0.2, -0.15) is 0 Å². The fourth-order valence-corrected chi connectivity index (χ4v) is 4.76. The number of hydrogen-bond donors (Lipinski definition) is 0. The number of esters is 1. The normalized spacial score (nSPS) is 14.7. The molecule has 7 heteroatoms. The first-order valence-corrected chi connectivity index (χ1v) is 12.2. The zero-order chi connectivity index (χ0) is 23.9. The quantitative estimate of drug-likeness (QED) is 0.335. The Labute approximate surface area is 210 Å². The summed E-state index contributed by atoms with van der Waals surface area (Å²) in [6.07, 6.45) is 2.46. The van der Waals surface area contributed by atoms with Crippen molar-refractivity contribution in [3.63, 3.8) is 0 Å². The summed E-state index contributed by atoms with van der Waals surface area (Å²) in [5.41, 5.74) is 3.80. The van der Waals surface area contributed by atoms with Gasteiger partial charge in [0.15, 0.2) is 0 Å². The minimum Gasteiger partial charge on any atom is -0.473 e. The van der Waals surface area contributed by atoms with E-state index >= 15 is 0 Å². The Morgan fingerprint density at radius 3 is 2.38 bits per heavy atom. The third-order valence-corrected chi connectivity index (χ3v) is 6.48. The maximum absolute atomic E-state index is 11.6. The molecule has 1 fully saturated rings. The number of pyridine rings is 1. The van der Waals surface area contributed by atoms with Crippen molar-refractivity contribution < 1.29 is 14.3 Å². The predicted molar refractivity (Wildman–Crippen MR) is 135 cm³/mol. The summed E-state index contributed by atoms with van der Waals surface area (Å²) in [7, 11) is 1.45. The van der Waals surface area contributed by atoms with Crippen LogP contribution in [0.4, 0.5) is 0 Å². The lowest BCUT2D eigenvalue weighted by Crippen LogP contribution is -2.34. The highest BCUT2D eigenvalue weighted by atomic mass is 35.5. The summed E-state index contributed by atoms with van der Waals surface area (Å²) in [5.74, 6) is 0.820. The Morgan fingerprint density at radius 1 is 1.00 bits per heavy atom. The standard InChI is InChI=1S/C27H28Cl2N2O3/c1-33-27(32)13-19-7-9-31(10-8-19)17-21-11-25(22-14-23(28)16-24(29)15-22)30-26(12-21)34-18-20-5-3-2-4-6-20/h2-6,11-12,14-16,19H,7-10,13,17-18H2,1H3. The van der Waals surface area contributed by atoms with Gasteiger partial charge in [0.1, 0.15) is 6.61 Å². The lowest BCUT2D eigenvalue weighted by atomic mass is 9.93. The van der Waals surface area contributed by atoms with E-state index in [9.17, 15) is 4.79 Å². The lowest BCUT2D eigenvalue weighted by Gasteiger charge is -2.31. The molecule has 2 aromatic carbocycles. The summed E-state index contributed by atoms with van der Waals surface area (Å²) in [6.45, 7) is 3.08. The molecular formula is C27H28Cl2N2O3. The molecule has 0 spiro atoms. The number of methoxy groups -OCH3 is 1. The molecule has 0 saturated carbocycles. The number of likely N-dealkylation sites (tertiary alicyclic amines) is 1. The predicted octanol–water partition coefficient (Wildman–Crippen LogP) is 6.41. The average Bonchev–Trinajstić information content (AvgIpc) is 2.84. The largest absolute Gasteiger partial charge is 0.473 e. The van der Waals surface area contributed by atoms with Crippen molar-refractivity contribution in [1.82, 2.24) is 9.88 Å². The van der Waals surface area contributed by atoms with Crippen molar-refractivity contribution >= 4 is 29.2 Å². The van der Waals surface area contributed by atoms with Crippen LogP contribution in [0.5, 0.6) is 5.88 Å². The van der Waals surface area contributed by atoms with E-state index in [0.717, 1.165) is 54.9 Å². The fourth-order valence-electron chi connectivity index (χ4n) is 4.23. The minimum atomic E-state index is -0.127. The van der Waals surface area contributed by atoms with Gasteiger partial charge < -0.3 is 9.47 Å². The van der Waals surface area contributed by atoms with Crippen LogP contribution >= 0.6 is 23.2 Å². The van der Waals surface area contributed by atoms with Gasteiger partial charge in [0, 0.05) is 34.6 Å². The molecule has 4 rings (SSSR count). The van der Waals surface area contributed by atoms with Gasteiger partial charge in [-0.3, -0.25) is 9.69 Å². The molecule has 0 N–H and O–H groups in total. The molecule has 0 amide bonds. The summed E-state index contributed by atoms with van der Waals surface area (Å²) < 4.78 is 10.9. The van der Waals surface area contributed by atoms with E-state index in [1.54, 1.807) is 6.07 Å². The molecule has 1 aliphatic rings. The van der Waals surface area contributed by atoms with Crippen LogP contribution in [0.1, 0.15) is 30.4 Å². The van der Waals surface area contributed by atoms with Gasteiger partial charge in [-0.25, -0.2) is 4.98 Å². The Kier molecular flexibility index (Phi) is 8.44. The first kappa shape index (κ1) is 24.5. The molecule has 178 valence electrons. The van der Waals surface area contributed by atoms with Gasteiger partial charge in [-0.05, 0) is 67.2 Å². The van der Waals surface area contributed by atoms with Crippen molar-refractivity contribution in [2.24, 2.45) is 5.92 Å². The number of halogens is 2. The number of nitrogens with zero attached hydrogens (tertiary/aromatic N) is 2. The second kappa shape index (κ2) is 11.7. The van der Waals surface area contributed by atoms with Crippen molar-refractivity contribution in [3.8, 4) is 17.1 Å². The number of benzene rings is 2. The van der Waals surface area contributed by atoms with Crippen LogP contribution in [-0.4, -0.2) is 36.1 Å². The number of aromatic nitrogens is 1. The highest BCUT2D eigenvalue weighted by molar-refractivity contribution is 6.35. The van der Waals surface area contributed by atoms with E-state index in [0.29, 0.717) is 34.9 Å². The third kappa shape index (κ3) is 6.95. The van der Waals surface area contributed by atoms with Crippen LogP contribution in [0, 0.1) is 5.92 Å². The molecule has 1 aromatic heterocycles. The zero-order valence-corrected chi connectivity index (χ0v) is 20.7. The van der Waals surface area contributed by atoms with Gasteiger partial charge in [0.25, 0.3) is 0 Å². The summed E-state index contributed by atoms with van der Waals surface area (Å²) in [4.78, 5) is 18.7. The first-order valence-electron chi connectivity index (χ1n) is 11.4. The van der Waals surface area contributed by atoms with Crippen molar-refractivity contribution in [2.45, 2.75) is 32.4 Å². The molecule has 1 saturated heterocycles. The second-order valence-electron chi connectivity index (χ2n) is 8.63. The monoisotopic (exact) mass is 498 g/mol. The Morgan fingerprint density at radius 2 is 1.71 bits per heavy atom. The highest BCUT2D eigenvalue weighted by Gasteiger charge is 2.22. The van der Waals surface area contributed by atoms with Gasteiger partial charge in [0.05, 0.1) is 12.8 Å². The Bertz CT molecular complexity index is 1100. The Hall–Kier alpha value is -2.60. The van der Waals surface area contributed by atoms with E-state index in [2.05, 4.69) is 11.0 Å². The molecule has 1 aliphatic heterocycles. The van der Waals surface area contributed by atoms with Crippen LogP contribution < -0.4 is 4.74 Å². The van der Waals surface area contributed by atoms with Crippen LogP contribution in [0.15, 0.2) is 60.7 Å². The molecule has 0 bridgehead atoms. The topological polar surface area (TPSA) is 51.7 Å². The fraction of sp³-hybridized carbons (Fsp3) is 0.333. The van der Waals surface area contributed by atoms with Crippen LogP contribution in [0.2, 0.25) is 10.0 Å². The first-order chi connectivity index (χ1) is 16.5. The van der Waals surface area contributed by atoms with Gasteiger partial charge in [-0.1, -0.05) is 53.5 Å². The summed E-state index contributed by atoms with van der Waals surface area (Å²) in [5, 5.41) is 1.13. The van der Waals surface area contributed by atoms with Crippen LogP contribution in [0.25, 0.3) is 11.3 Å². The molecular weight excluding hydrogens is 471 g/mol. The molecule has 5 nitrogen and oxygen atoms in total. The minimum absolute atomic E-state index is 0.127. The summed E-state index contributed by atoms with van der Waals surface area (Å²) in [6, 6.07) is 19.5. The SMILES string of the molecule is COC(=O)CC1CCN(Cc2cc(OCc3ccccc3)nc(-c3cc(Cl)cc(Cl)c3)c2)CC1. The van der Waals surface area contributed by atoms with Crippen LogP contribution in [0.3, 0.4) is 0 Å². The van der Waals surface area contributed by atoms with Gasteiger partial charge in [-0.15, -0.1) is 0 Å². The van der Waals surface area contributed by atoms with Gasteiger partial charge >= 0.3 is 5.97 Å². The zero-order valence-electron chi connectivity index (χ0n) is 19.2. The molecule has 0 atom stereocenters. The number of piperidine rings is 1. The number of carbonyl (C=O) groups excluding carboxylic acids is 1. The van der Waals surface area contributed by atoms with E-state index in [-0.39, 0.29) is 5.97 Å². The average molecular weight is 499 g/mol. The van der Waals surface area contributed by atoms with Crippen molar-refractivity contribution in [1.29, 1.82) is 0 Å². The highest BCUT2D eigenvalue weighted by Crippen LogP contribution is 2.30. The maximum Gasteiger partial charge on any atom is 0.305 e. The number of hydrogen-bond acceptors (Lipinski definition) is 5. The van der Waals surface area contributed by atoms with E-state index < -0.39 is 0 Å². The molecule has 0 radical (unpaired) electrons. The maximum atomic E-state index is 11.6. The number of rotatable bonds is 8. The van der Waals surface area contributed by atoms with E-state index in [1.165, 1.54) is 7.11 Å². The molecule has 34 heavy (non-hydrogen) atoms. The number of ether oxygens (including phenoxy) is 2. The molecule has 0 aliphatic carbocycles. The molecule has 3 aromatic rings. The van der Waals surface area contributed by atoms with Crippen molar-refractivity contribution in [3.05, 3.63) is 81.8 Å². The van der Waals surface area contributed by atoms with Crippen LogP contribution in [-0.2, 0) is 22.7 Å². The Balaban J connectivity index is 1.51. The van der Waals surface area contributed by atoms with E-state index in [4.69, 9.17) is 37.7 Å². The molecule has 2 heterocycles.